The van der Waals surface area contributed by atoms with Crippen molar-refractivity contribution in [3.8, 4) is 17.1 Å². The third kappa shape index (κ3) is 3.52. The zero-order valence-electron chi connectivity index (χ0n) is 16.1. The van der Waals surface area contributed by atoms with E-state index in [0.717, 1.165) is 48.5 Å². The van der Waals surface area contributed by atoms with Crippen molar-refractivity contribution in [3.63, 3.8) is 0 Å². The van der Waals surface area contributed by atoms with Crippen LogP contribution in [-0.2, 0) is 6.42 Å². The lowest BCUT2D eigenvalue weighted by Crippen LogP contribution is -2.30. The standard InChI is InChI=1S/C21H23N3O4/c1-3-5-16-12-17(22-27-16)19-6-4-11-24(19)21(25)18-13-20(28-23-18)14-7-9-15(26-2)10-8-14/h7-10,12-13,19H,3-6,11H2,1-2H3. The lowest BCUT2D eigenvalue weighted by molar-refractivity contribution is 0.0720. The molecule has 3 aromatic rings. The van der Waals surface area contributed by atoms with Gasteiger partial charge in [0.15, 0.2) is 11.5 Å². The molecular formula is C21H23N3O4. The Hall–Kier alpha value is -3.09. The first-order valence-electron chi connectivity index (χ1n) is 9.57. The predicted octanol–water partition coefficient (Wildman–Crippen LogP) is 4.27. The van der Waals surface area contributed by atoms with Crippen molar-refractivity contribution in [3.05, 3.63) is 53.5 Å². The molecule has 0 aliphatic carbocycles. The Morgan fingerprint density at radius 2 is 2.04 bits per heavy atom. The summed E-state index contributed by atoms with van der Waals surface area (Å²) in [4.78, 5) is 14.8. The molecular weight excluding hydrogens is 358 g/mol. The first kappa shape index (κ1) is 18.3. The van der Waals surface area contributed by atoms with Crippen molar-refractivity contribution < 1.29 is 18.6 Å². The highest BCUT2D eigenvalue weighted by atomic mass is 16.5. The van der Waals surface area contributed by atoms with Crippen LogP contribution in [0.15, 0.2) is 45.4 Å². The summed E-state index contributed by atoms with van der Waals surface area (Å²) in [7, 11) is 1.62. The van der Waals surface area contributed by atoms with E-state index in [9.17, 15) is 4.79 Å². The maximum atomic E-state index is 13.0. The van der Waals surface area contributed by atoms with Gasteiger partial charge in [0, 0.05) is 30.7 Å². The summed E-state index contributed by atoms with van der Waals surface area (Å²) in [6, 6.07) is 11.0. The second kappa shape index (κ2) is 7.88. The van der Waals surface area contributed by atoms with Crippen molar-refractivity contribution in [1.82, 2.24) is 15.2 Å². The number of amides is 1. The Balaban J connectivity index is 1.52. The molecule has 0 N–H and O–H groups in total. The summed E-state index contributed by atoms with van der Waals surface area (Å²) in [5.74, 6) is 2.02. The van der Waals surface area contributed by atoms with Crippen LogP contribution < -0.4 is 4.74 Å². The minimum absolute atomic E-state index is 0.0806. The van der Waals surface area contributed by atoms with Gasteiger partial charge >= 0.3 is 0 Å². The van der Waals surface area contributed by atoms with Crippen LogP contribution in [0.5, 0.6) is 5.75 Å². The molecule has 7 heteroatoms. The maximum absolute atomic E-state index is 13.0. The molecule has 1 unspecified atom stereocenters. The van der Waals surface area contributed by atoms with Crippen LogP contribution in [-0.4, -0.2) is 34.8 Å². The van der Waals surface area contributed by atoms with Gasteiger partial charge in [-0.25, -0.2) is 0 Å². The fourth-order valence-electron chi connectivity index (χ4n) is 3.58. The smallest absolute Gasteiger partial charge is 0.276 e. The number of aromatic nitrogens is 2. The maximum Gasteiger partial charge on any atom is 0.276 e. The molecule has 7 nitrogen and oxygen atoms in total. The van der Waals surface area contributed by atoms with Crippen LogP contribution in [0.2, 0.25) is 0 Å². The molecule has 1 aliphatic heterocycles. The molecule has 1 aliphatic rings. The quantitative estimate of drug-likeness (QED) is 0.634. The fourth-order valence-corrected chi connectivity index (χ4v) is 3.58. The molecule has 0 saturated carbocycles. The number of aryl methyl sites for hydroxylation is 1. The number of carbonyl (C=O) groups is 1. The van der Waals surface area contributed by atoms with E-state index in [-0.39, 0.29) is 11.9 Å². The van der Waals surface area contributed by atoms with Gasteiger partial charge in [0.1, 0.15) is 17.2 Å². The van der Waals surface area contributed by atoms with E-state index in [4.69, 9.17) is 13.8 Å². The van der Waals surface area contributed by atoms with Crippen LogP contribution in [0.3, 0.4) is 0 Å². The van der Waals surface area contributed by atoms with Crippen molar-refractivity contribution in [1.29, 1.82) is 0 Å². The predicted molar refractivity (Wildman–Crippen MR) is 102 cm³/mol. The summed E-state index contributed by atoms with van der Waals surface area (Å²) in [6.45, 7) is 2.77. The van der Waals surface area contributed by atoms with Gasteiger partial charge in [0.25, 0.3) is 5.91 Å². The summed E-state index contributed by atoms with van der Waals surface area (Å²) >= 11 is 0. The molecule has 0 spiro atoms. The number of likely N-dealkylation sites (tertiary alicyclic amines) is 1. The monoisotopic (exact) mass is 381 g/mol. The molecule has 1 amide bonds. The third-order valence-electron chi connectivity index (χ3n) is 5.03. The summed E-state index contributed by atoms with van der Waals surface area (Å²) in [5.41, 5.74) is 1.95. The molecule has 0 radical (unpaired) electrons. The number of nitrogens with zero attached hydrogens (tertiary/aromatic N) is 3. The normalized spacial score (nSPS) is 16.5. The van der Waals surface area contributed by atoms with Gasteiger partial charge in [-0.05, 0) is 43.5 Å². The number of benzene rings is 1. The minimum atomic E-state index is -0.147. The Bertz CT molecular complexity index is 945. The van der Waals surface area contributed by atoms with Crippen LogP contribution in [0.1, 0.15) is 54.2 Å². The van der Waals surface area contributed by atoms with E-state index < -0.39 is 0 Å². The van der Waals surface area contributed by atoms with Gasteiger partial charge in [-0.15, -0.1) is 0 Å². The molecule has 1 saturated heterocycles. The molecule has 4 rings (SSSR count). The van der Waals surface area contributed by atoms with Crippen LogP contribution >= 0.6 is 0 Å². The fraction of sp³-hybridized carbons (Fsp3) is 0.381. The molecule has 2 aromatic heterocycles. The van der Waals surface area contributed by atoms with Gasteiger partial charge in [-0.3, -0.25) is 4.79 Å². The van der Waals surface area contributed by atoms with E-state index in [0.29, 0.717) is 18.0 Å². The first-order chi connectivity index (χ1) is 13.7. The van der Waals surface area contributed by atoms with Gasteiger partial charge in [-0.2, -0.15) is 0 Å². The molecule has 0 bridgehead atoms. The topological polar surface area (TPSA) is 81.6 Å². The highest BCUT2D eigenvalue weighted by Crippen LogP contribution is 2.33. The largest absolute Gasteiger partial charge is 0.497 e. The van der Waals surface area contributed by atoms with Crippen LogP contribution in [0.25, 0.3) is 11.3 Å². The lowest BCUT2D eigenvalue weighted by Gasteiger charge is -2.21. The molecule has 28 heavy (non-hydrogen) atoms. The van der Waals surface area contributed by atoms with E-state index >= 15 is 0 Å². The summed E-state index contributed by atoms with van der Waals surface area (Å²) in [6.07, 6.45) is 3.64. The third-order valence-corrected chi connectivity index (χ3v) is 5.03. The average Bonchev–Trinajstić information content (AvgIpc) is 3.47. The van der Waals surface area contributed by atoms with Crippen molar-refractivity contribution >= 4 is 5.91 Å². The van der Waals surface area contributed by atoms with Crippen molar-refractivity contribution in [2.75, 3.05) is 13.7 Å². The molecule has 1 atom stereocenters. The highest BCUT2D eigenvalue weighted by molar-refractivity contribution is 5.93. The molecule has 1 aromatic carbocycles. The Labute approximate surface area is 163 Å². The Kier molecular flexibility index (Phi) is 5.14. The number of hydrogen-bond acceptors (Lipinski definition) is 6. The van der Waals surface area contributed by atoms with Crippen molar-refractivity contribution in [2.45, 2.75) is 38.6 Å². The molecule has 3 heterocycles. The lowest BCUT2D eigenvalue weighted by atomic mass is 10.1. The molecule has 1 fully saturated rings. The number of hydrogen-bond donors (Lipinski definition) is 0. The number of carbonyl (C=O) groups excluding carboxylic acids is 1. The zero-order valence-corrected chi connectivity index (χ0v) is 16.1. The van der Waals surface area contributed by atoms with Gasteiger partial charge in [0.05, 0.1) is 13.2 Å². The Morgan fingerprint density at radius 3 is 2.79 bits per heavy atom. The second-order valence-corrected chi connectivity index (χ2v) is 6.93. The number of ether oxygens (including phenoxy) is 1. The Morgan fingerprint density at radius 1 is 1.21 bits per heavy atom. The summed E-state index contributed by atoms with van der Waals surface area (Å²) < 4.78 is 16.0. The first-order valence-corrected chi connectivity index (χ1v) is 9.57. The SMILES string of the molecule is CCCc1cc(C2CCCN2C(=O)c2cc(-c3ccc(OC)cc3)on2)no1. The van der Waals surface area contributed by atoms with E-state index in [2.05, 4.69) is 17.2 Å². The summed E-state index contributed by atoms with van der Waals surface area (Å²) in [5, 5.41) is 8.19. The van der Waals surface area contributed by atoms with E-state index in [1.165, 1.54) is 0 Å². The van der Waals surface area contributed by atoms with E-state index in [1.807, 2.05) is 35.2 Å². The van der Waals surface area contributed by atoms with Crippen LogP contribution in [0.4, 0.5) is 0 Å². The van der Waals surface area contributed by atoms with Gasteiger partial charge in [0.2, 0.25) is 0 Å². The van der Waals surface area contributed by atoms with Gasteiger partial charge in [-0.1, -0.05) is 17.2 Å². The molecule has 146 valence electrons. The van der Waals surface area contributed by atoms with Crippen LogP contribution in [0, 0.1) is 0 Å². The second-order valence-electron chi connectivity index (χ2n) is 6.93. The highest BCUT2D eigenvalue weighted by Gasteiger charge is 2.34. The van der Waals surface area contributed by atoms with Crippen molar-refractivity contribution in [2.24, 2.45) is 0 Å². The minimum Gasteiger partial charge on any atom is -0.497 e. The zero-order chi connectivity index (χ0) is 19.5. The number of methoxy groups -OCH3 is 1. The number of rotatable bonds is 6. The van der Waals surface area contributed by atoms with Gasteiger partial charge < -0.3 is 18.7 Å². The van der Waals surface area contributed by atoms with E-state index in [1.54, 1.807) is 13.2 Å². The average molecular weight is 381 g/mol.